The molecule has 1 heterocycles. The van der Waals surface area contributed by atoms with Crippen LogP contribution in [0.1, 0.15) is 91.7 Å². The van der Waals surface area contributed by atoms with Gasteiger partial charge in [-0.3, -0.25) is 0 Å². The maximum Gasteiger partial charge on any atom is 0.0629 e. The van der Waals surface area contributed by atoms with E-state index in [1.165, 1.54) is 73.4 Å². The number of benzene rings is 5. The van der Waals surface area contributed by atoms with Gasteiger partial charge in [-0.05, 0) is 110 Å². The number of anilines is 3. The molecule has 4 atom stereocenters. The van der Waals surface area contributed by atoms with Crippen LogP contribution in [-0.2, 0) is 0 Å². The van der Waals surface area contributed by atoms with Gasteiger partial charge in [0.25, 0.3) is 0 Å². The van der Waals surface area contributed by atoms with Gasteiger partial charge in [0.1, 0.15) is 0 Å². The molecule has 0 fully saturated rings. The minimum atomic E-state index is 0.366. The van der Waals surface area contributed by atoms with E-state index in [4.69, 9.17) is 0 Å². The first-order valence-electron chi connectivity index (χ1n) is 23.5. The summed E-state index contributed by atoms with van der Waals surface area (Å²) in [6.07, 6.45) is 33.0. The summed E-state index contributed by atoms with van der Waals surface area (Å²) in [7, 11) is 2.14. The first-order chi connectivity index (χ1) is 30.8. The lowest BCUT2D eigenvalue weighted by molar-refractivity contribution is 0.692. The van der Waals surface area contributed by atoms with Crippen LogP contribution >= 0.6 is 0 Å². The van der Waals surface area contributed by atoms with Crippen molar-refractivity contribution in [2.45, 2.75) is 93.5 Å². The molecule has 5 aromatic rings. The van der Waals surface area contributed by atoms with Gasteiger partial charge in [-0.1, -0.05) is 211 Å². The van der Waals surface area contributed by atoms with Gasteiger partial charge in [-0.2, -0.15) is 0 Å². The van der Waals surface area contributed by atoms with Crippen molar-refractivity contribution in [1.82, 2.24) is 0 Å². The van der Waals surface area contributed by atoms with E-state index in [2.05, 4.69) is 246 Å². The molecule has 5 aromatic carbocycles. The molecule has 326 valence electrons. The molecule has 0 aromatic heterocycles. The largest absolute Gasteiger partial charge is 0.344 e. The van der Waals surface area contributed by atoms with Crippen LogP contribution in [0.2, 0.25) is 0 Å². The monoisotopic (exact) mass is 833 g/mol. The molecule has 0 saturated heterocycles. The molecule has 1 aliphatic heterocycles. The predicted molar refractivity (Wildman–Crippen MR) is 280 cm³/mol. The molecule has 0 amide bonds. The third kappa shape index (κ3) is 12.3. The molecule has 9 rings (SSSR count). The second kappa shape index (κ2) is 24.5. The van der Waals surface area contributed by atoms with E-state index in [0.29, 0.717) is 17.9 Å². The van der Waals surface area contributed by atoms with Crippen LogP contribution in [-0.4, -0.2) is 13.1 Å². The first-order valence-corrected chi connectivity index (χ1v) is 23.5. The standard InChI is InChI=1S/C26H29N.C24H21N.C7H10.2C2H6/c1-4-8-22(9-5-2)27-25-11-7-6-10-23(25)24-18-21(16-17-26(24)27)20-14-12-19(3)13-15-20;1-18-12-15-24(23(16-18)20-9-4-3-5-10-20)25(2)22-14-13-19-8-6-7-11-21(19)17-22;1-7-5-3-2-4-6-7;2*1-2/h4,6-14,16-18,20,24,26H,5,15H2,1-3H3;3-17H,1-2H3;2-5,7H,6H2,1H3;2*1-2H3/b8-4-,22-9+;;;;. The van der Waals surface area contributed by atoms with Gasteiger partial charge < -0.3 is 9.80 Å². The minimum Gasteiger partial charge on any atom is -0.344 e. The van der Waals surface area contributed by atoms with Gasteiger partial charge in [0.2, 0.25) is 0 Å². The van der Waals surface area contributed by atoms with Crippen molar-refractivity contribution in [2.75, 3.05) is 16.8 Å². The predicted octanol–water partition coefficient (Wildman–Crippen LogP) is 17.6. The zero-order valence-corrected chi connectivity index (χ0v) is 39.8. The number of hydrogen-bond acceptors (Lipinski definition) is 2. The fraction of sp³-hybridized carbons (Fsp3) is 0.279. The zero-order chi connectivity index (χ0) is 45.1. The summed E-state index contributed by atoms with van der Waals surface area (Å²) >= 11 is 0. The molecule has 3 aliphatic carbocycles. The maximum atomic E-state index is 2.52. The summed E-state index contributed by atoms with van der Waals surface area (Å²) in [4.78, 5) is 4.79. The topological polar surface area (TPSA) is 6.48 Å². The lowest BCUT2D eigenvalue weighted by atomic mass is 9.81. The average Bonchev–Trinajstić information content (AvgIpc) is 3.67. The highest BCUT2D eigenvalue weighted by atomic mass is 15.2. The molecule has 0 saturated carbocycles. The Kier molecular flexibility index (Phi) is 18.6. The second-order valence-corrected chi connectivity index (χ2v) is 16.2. The lowest BCUT2D eigenvalue weighted by Crippen LogP contribution is -2.32. The fourth-order valence-corrected chi connectivity index (χ4v) is 8.54. The zero-order valence-electron chi connectivity index (χ0n) is 39.8. The first kappa shape index (κ1) is 47.9. The van der Waals surface area contributed by atoms with Crippen LogP contribution < -0.4 is 9.80 Å². The third-order valence-electron chi connectivity index (χ3n) is 11.7. The van der Waals surface area contributed by atoms with Gasteiger partial charge in [-0.25, -0.2) is 0 Å². The summed E-state index contributed by atoms with van der Waals surface area (Å²) in [6, 6.07) is 41.7. The Morgan fingerprint density at radius 3 is 2.14 bits per heavy atom. The molecule has 0 N–H and O–H groups in total. The molecule has 0 bridgehead atoms. The molecule has 0 spiro atoms. The highest BCUT2D eigenvalue weighted by Gasteiger charge is 2.38. The maximum absolute atomic E-state index is 2.52. The number of nitrogens with zero attached hydrogens (tertiary/aromatic N) is 2. The Bertz CT molecular complexity index is 2470. The molecular formula is C61H72N2. The smallest absolute Gasteiger partial charge is 0.0629 e. The van der Waals surface area contributed by atoms with Crippen LogP contribution in [0.25, 0.3) is 21.9 Å². The van der Waals surface area contributed by atoms with Gasteiger partial charge >= 0.3 is 0 Å². The Morgan fingerprint density at radius 1 is 0.746 bits per heavy atom. The van der Waals surface area contributed by atoms with Gasteiger partial charge in [0, 0.05) is 47.2 Å². The van der Waals surface area contributed by atoms with Gasteiger partial charge in [0.05, 0.1) is 6.04 Å². The van der Waals surface area contributed by atoms with E-state index in [1.807, 2.05) is 27.7 Å². The second-order valence-electron chi connectivity index (χ2n) is 16.2. The average molecular weight is 833 g/mol. The van der Waals surface area contributed by atoms with Crippen LogP contribution in [0.3, 0.4) is 0 Å². The Labute approximate surface area is 381 Å². The Hall–Kier alpha value is -6.12. The Balaban J connectivity index is 0.000000193. The highest BCUT2D eigenvalue weighted by Crippen LogP contribution is 2.48. The minimum absolute atomic E-state index is 0.366. The van der Waals surface area contributed by atoms with Crippen molar-refractivity contribution in [3.05, 3.63) is 222 Å². The number of allylic oxidation sites excluding steroid dienone is 13. The summed E-state index contributed by atoms with van der Waals surface area (Å²) in [5, 5.41) is 2.53. The number of fused-ring (bicyclic) bond motifs is 4. The molecular weight excluding hydrogens is 761 g/mol. The van der Waals surface area contributed by atoms with Crippen LogP contribution in [0, 0.1) is 18.8 Å². The number of rotatable bonds is 7. The van der Waals surface area contributed by atoms with Gasteiger partial charge in [-0.15, -0.1) is 0 Å². The van der Waals surface area contributed by atoms with Crippen LogP contribution in [0.4, 0.5) is 17.1 Å². The van der Waals surface area contributed by atoms with Crippen molar-refractivity contribution < 1.29 is 0 Å². The van der Waals surface area contributed by atoms with E-state index in [1.54, 1.807) is 0 Å². The van der Waals surface area contributed by atoms with Crippen LogP contribution in [0.15, 0.2) is 211 Å². The number of hydrogen-bond donors (Lipinski definition) is 0. The van der Waals surface area contributed by atoms with Crippen LogP contribution in [0.5, 0.6) is 0 Å². The molecule has 4 unspecified atom stereocenters. The SMILES string of the molecule is C/C=C\C(=C/CC)N1c2ccccc2C2C=C(C3C=CC(C)=CC3)C=CC21.CC.CC.CC1C=CC=CC1.Cc1ccc(N(C)c2ccc3ccccc3c2)c(-c2ccccc2)c1. The van der Waals surface area contributed by atoms with Crippen molar-refractivity contribution >= 4 is 27.8 Å². The Morgan fingerprint density at radius 2 is 1.48 bits per heavy atom. The van der Waals surface area contributed by atoms with E-state index >= 15 is 0 Å². The van der Waals surface area contributed by atoms with E-state index in [0.717, 1.165) is 18.8 Å². The summed E-state index contributed by atoms with van der Waals surface area (Å²) in [5.41, 5.74) is 13.1. The van der Waals surface area contributed by atoms with Crippen molar-refractivity contribution in [2.24, 2.45) is 11.8 Å². The number of para-hydroxylation sites is 1. The summed E-state index contributed by atoms with van der Waals surface area (Å²) in [5.74, 6) is 1.70. The lowest BCUT2D eigenvalue weighted by Gasteiger charge is -2.31. The van der Waals surface area contributed by atoms with Gasteiger partial charge in [0.15, 0.2) is 0 Å². The van der Waals surface area contributed by atoms with Crippen molar-refractivity contribution in [3.63, 3.8) is 0 Å². The highest BCUT2D eigenvalue weighted by molar-refractivity contribution is 5.89. The summed E-state index contributed by atoms with van der Waals surface area (Å²) in [6.45, 7) is 18.9. The fourth-order valence-electron chi connectivity index (χ4n) is 8.54. The molecule has 2 nitrogen and oxygen atoms in total. The van der Waals surface area contributed by atoms with E-state index < -0.39 is 0 Å². The van der Waals surface area contributed by atoms with E-state index in [-0.39, 0.29) is 0 Å². The third-order valence-corrected chi connectivity index (χ3v) is 11.7. The van der Waals surface area contributed by atoms with E-state index in [9.17, 15) is 0 Å². The molecule has 63 heavy (non-hydrogen) atoms. The quantitative estimate of drug-likeness (QED) is 0.151. The normalized spacial score (nSPS) is 19.1. The summed E-state index contributed by atoms with van der Waals surface area (Å²) < 4.78 is 0. The van der Waals surface area contributed by atoms with Crippen molar-refractivity contribution in [1.29, 1.82) is 0 Å². The molecule has 2 heteroatoms. The van der Waals surface area contributed by atoms with Crippen molar-refractivity contribution in [3.8, 4) is 11.1 Å². The molecule has 4 aliphatic rings. The number of aryl methyl sites for hydroxylation is 1. The molecule has 0 radical (unpaired) electrons.